The number of fused-ring (bicyclic) bond motifs is 2. The van der Waals surface area contributed by atoms with Crippen molar-refractivity contribution in [1.82, 2.24) is 0 Å². The Labute approximate surface area is 90.7 Å². The highest BCUT2D eigenvalue weighted by molar-refractivity contribution is 5.74. The molecular weight excluding hydrogens is 188 g/mol. The summed E-state index contributed by atoms with van der Waals surface area (Å²) < 4.78 is 5.07. The Balaban J connectivity index is 1.72. The molecule has 2 nitrogen and oxygen atoms in total. The van der Waals surface area contributed by atoms with Gasteiger partial charge in [-0.25, -0.2) is 0 Å². The van der Waals surface area contributed by atoms with E-state index in [4.69, 9.17) is 4.74 Å². The molecule has 0 radical (unpaired) electrons. The lowest BCUT2D eigenvalue weighted by Crippen LogP contribution is -2.26. The van der Waals surface area contributed by atoms with Crippen molar-refractivity contribution in [3.8, 4) is 0 Å². The van der Waals surface area contributed by atoms with E-state index in [0.29, 0.717) is 12.5 Å². The first-order valence-corrected chi connectivity index (χ1v) is 6.10. The minimum absolute atomic E-state index is 0.0502. The zero-order valence-corrected chi connectivity index (χ0v) is 9.19. The Bertz CT molecular complexity index is 308. The number of esters is 1. The van der Waals surface area contributed by atoms with Crippen LogP contribution in [0.15, 0.2) is 12.2 Å². The lowest BCUT2D eigenvalue weighted by molar-refractivity contribution is -0.143. The molecule has 1 heterocycles. The molecular formula is C13H18O2. The summed E-state index contributed by atoms with van der Waals surface area (Å²) in [4.78, 5) is 11.5. The minimum atomic E-state index is 0.0502. The van der Waals surface area contributed by atoms with Crippen molar-refractivity contribution < 1.29 is 9.53 Å². The van der Waals surface area contributed by atoms with E-state index in [1.807, 2.05) is 0 Å². The third-order valence-electron chi connectivity index (χ3n) is 4.62. The van der Waals surface area contributed by atoms with Crippen LogP contribution in [0.5, 0.6) is 0 Å². The van der Waals surface area contributed by atoms with E-state index >= 15 is 0 Å². The second-order valence-corrected chi connectivity index (χ2v) is 5.37. The maximum Gasteiger partial charge on any atom is 0.309 e. The Hall–Kier alpha value is -0.790. The fourth-order valence-electron chi connectivity index (χ4n) is 3.72. The number of allylic oxidation sites excluding steroid dienone is 2. The summed E-state index contributed by atoms with van der Waals surface area (Å²) in [5.74, 6) is 3.03. The lowest BCUT2D eigenvalue weighted by atomic mass is 9.76. The van der Waals surface area contributed by atoms with Crippen molar-refractivity contribution in [1.29, 1.82) is 0 Å². The van der Waals surface area contributed by atoms with Gasteiger partial charge < -0.3 is 4.74 Å². The smallest absolute Gasteiger partial charge is 0.309 e. The van der Waals surface area contributed by atoms with E-state index in [2.05, 4.69) is 19.1 Å². The lowest BCUT2D eigenvalue weighted by Gasteiger charge is -2.27. The van der Waals surface area contributed by atoms with Crippen molar-refractivity contribution in [3.63, 3.8) is 0 Å². The molecule has 82 valence electrons. The SMILES string of the molecule is CC(C1CCOC1=O)C1CC2C=CC1C2. The van der Waals surface area contributed by atoms with Crippen LogP contribution in [0.3, 0.4) is 0 Å². The van der Waals surface area contributed by atoms with Gasteiger partial charge in [-0.05, 0) is 42.9 Å². The predicted octanol–water partition coefficient (Wildman–Crippen LogP) is 2.40. The molecule has 2 aliphatic carbocycles. The van der Waals surface area contributed by atoms with Crippen molar-refractivity contribution in [2.24, 2.45) is 29.6 Å². The Kier molecular flexibility index (Phi) is 2.11. The van der Waals surface area contributed by atoms with Crippen LogP contribution in [-0.2, 0) is 9.53 Å². The monoisotopic (exact) mass is 206 g/mol. The van der Waals surface area contributed by atoms with Gasteiger partial charge in [-0.1, -0.05) is 19.1 Å². The van der Waals surface area contributed by atoms with E-state index < -0.39 is 0 Å². The van der Waals surface area contributed by atoms with Gasteiger partial charge >= 0.3 is 5.97 Å². The summed E-state index contributed by atoms with van der Waals surface area (Å²) >= 11 is 0. The molecule has 0 N–H and O–H groups in total. The molecule has 0 aromatic heterocycles. The van der Waals surface area contributed by atoms with Gasteiger partial charge in [0.2, 0.25) is 0 Å². The topological polar surface area (TPSA) is 26.3 Å². The summed E-state index contributed by atoms with van der Waals surface area (Å²) in [5, 5.41) is 0. The Morgan fingerprint density at radius 3 is 2.80 bits per heavy atom. The summed E-state index contributed by atoms with van der Waals surface area (Å²) in [7, 11) is 0. The number of hydrogen-bond donors (Lipinski definition) is 0. The molecule has 3 rings (SSSR count). The molecule has 1 saturated carbocycles. The standard InChI is InChI=1S/C13H18O2/c1-8(11-4-5-15-13(11)14)12-7-9-2-3-10(12)6-9/h2-3,8-12H,4-7H2,1H3. The second kappa shape index (κ2) is 3.36. The van der Waals surface area contributed by atoms with E-state index in [-0.39, 0.29) is 11.9 Å². The van der Waals surface area contributed by atoms with Crippen molar-refractivity contribution in [2.45, 2.75) is 26.2 Å². The van der Waals surface area contributed by atoms with Crippen LogP contribution in [0.4, 0.5) is 0 Å². The molecule has 5 unspecified atom stereocenters. The maximum atomic E-state index is 11.5. The van der Waals surface area contributed by atoms with Crippen LogP contribution in [0.25, 0.3) is 0 Å². The highest BCUT2D eigenvalue weighted by atomic mass is 16.5. The first-order chi connectivity index (χ1) is 7.25. The maximum absolute atomic E-state index is 11.5. The fraction of sp³-hybridized carbons (Fsp3) is 0.769. The van der Waals surface area contributed by atoms with Gasteiger partial charge in [0.25, 0.3) is 0 Å². The second-order valence-electron chi connectivity index (χ2n) is 5.37. The van der Waals surface area contributed by atoms with Gasteiger partial charge in [0.1, 0.15) is 0 Å². The van der Waals surface area contributed by atoms with Crippen LogP contribution in [0.2, 0.25) is 0 Å². The van der Waals surface area contributed by atoms with Crippen molar-refractivity contribution in [3.05, 3.63) is 12.2 Å². The van der Waals surface area contributed by atoms with Gasteiger partial charge in [-0.15, -0.1) is 0 Å². The van der Waals surface area contributed by atoms with Gasteiger partial charge in [0.05, 0.1) is 12.5 Å². The van der Waals surface area contributed by atoms with Crippen molar-refractivity contribution >= 4 is 5.97 Å². The molecule has 0 aromatic rings. The summed E-state index contributed by atoms with van der Waals surface area (Å²) in [5.41, 5.74) is 0. The van der Waals surface area contributed by atoms with E-state index in [9.17, 15) is 4.79 Å². The first-order valence-electron chi connectivity index (χ1n) is 6.10. The minimum Gasteiger partial charge on any atom is -0.465 e. The van der Waals surface area contributed by atoms with Gasteiger partial charge in [0, 0.05) is 0 Å². The zero-order valence-electron chi connectivity index (χ0n) is 9.19. The molecule has 1 aliphatic heterocycles. The van der Waals surface area contributed by atoms with Gasteiger partial charge in [-0.2, -0.15) is 0 Å². The molecule has 2 heteroatoms. The predicted molar refractivity (Wildman–Crippen MR) is 57.1 cm³/mol. The summed E-state index contributed by atoms with van der Waals surface area (Å²) in [6.45, 7) is 2.89. The van der Waals surface area contributed by atoms with E-state index in [1.165, 1.54) is 12.8 Å². The van der Waals surface area contributed by atoms with Crippen LogP contribution >= 0.6 is 0 Å². The molecule has 0 amide bonds. The first kappa shape index (κ1) is 9.44. The largest absolute Gasteiger partial charge is 0.465 e. The molecule has 0 aromatic carbocycles. The number of ether oxygens (including phenoxy) is 1. The zero-order chi connectivity index (χ0) is 10.4. The average molecular weight is 206 g/mol. The third kappa shape index (κ3) is 1.42. The molecule has 3 aliphatic rings. The number of cyclic esters (lactones) is 1. The number of carbonyl (C=O) groups is 1. The van der Waals surface area contributed by atoms with Crippen LogP contribution in [0, 0.1) is 29.6 Å². The van der Waals surface area contributed by atoms with Gasteiger partial charge in [0.15, 0.2) is 0 Å². The van der Waals surface area contributed by atoms with Crippen LogP contribution in [0.1, 0.15) is 26.2 Å². The third-order valence-corrected chi connectivity index (χ3v) is 4.62. The highest BCUT2D eigenvalue weighted by Crippen LogP contribution is 2.49. The Morgan fingerprint density at radius 1 is 1.40 bits per heavy atom. The van der Waals surface area contributed by atoms with E-state index in [1.54, 1.807) is 0 Å². The molecule has 1 saturated heterocycles. The molecule has 2 fully saturated rings. The fourth-order valence-corrected chi connectivity index (χ4v) is 3.72. The number of hydrogen-bond acceptors (Lipinski definition) is 2. The van der Waals surface area contributed by atoms with E-state index in [0.717, 1.165) is 24.2 Å². The summed E-state index contributed by atoms with van der Waals surface area (Å²) in [6, 6.07) is 0. The number of rotatable bonds is 2. The quantitative estimate of drug-likeness (QED) is 0.512. The van der Waals surface area contributed by atoms with Crippen LogP contribution < -0.4 is 0 Å². The molecule has 0 spiro atoms. The van der Waals surface area contributed by atoms with Crippen molar-refractivity contribution in [2.75, 3.05) is 6.61 Å². The number of carbonyl (C=O) groups excluding carboxylic acids is 1. The Morgan fingerprint density at radius 2 is 2.27 bits per heavy atom. The van der Waals surface area contributed by atoms with Crippen LogP contribution in [-0.4, -0.2) is 12.6 Å². The molecule has 15 heavy (non-hydrogen) atoms. The summed E-state index contributed by atoms with van der Waals surface area (Å²) in [6.07, 6.45) is 8.30. The van der Waals surface area contributed by atoms with Gasteiger partial charge in [-0.3, -0.25) is 4.79 Å². The molecule has 5 atom stereocenters. The highest BCUT2D eigenvalue weighted by Gasteiger charge is 2.43. The average Bonchev–Trinajstić information content (AvgIpc) is 2.91. The normalized spacial score (nSPS) is 44.7. The molecule has 2 bridgehead atoms.